The van der Waals surface area contributed by atoms with E-state index in [1.807, 2.05) is 0 Å². The molecule has 0 bridgehead atoms. The smallest absolute Gasteiger partial charge is 0.344 e. The van der Waals surface area contributed by atoms with Gasteiger partial charge in [-0.25, -0.2) is 9.59 Å². The van der Waals surface area contributed by atoms with Crippen LogP contribution in [0.3, 0.4) is 0 Å². The number of carboxylic acids is 1. The van der Waals surface area contributed by atoms with Crippen LogP contribution in [-0.4, -0.2) is 48.6 Å². The van der Waals surface area contributed by atoms with Crippen LogP contribution in [-0.2, 0) is 33.4 Å². The van der Waals surface area contributed by atoms with E-state index < -0.39 is 42.5 Å². The van der Waals surface area contributed by atoms with E-state index in [2.05, 4.69) is 0 Å². The molecule has 0 aromatic heterocycles. The summed E-state index contributed by atoms with van der Waals surface area (Å²) in [6.45, 7) is 0.565. The van der Waals surface area contributed by atoms with Crippen LogP contribution in [0.1, 0.15) is 46.7 Å². The van der Waals surface area contributed by atoms with Gasteiger partial charge in [0.15, 0.2) is 24.6 Å². The van der Waals surface area contributed by atoms with Crippen molar-refractivity contribution >= 4 is 23.7 Å². The zero-order valence-electron chi connectivity index (χ0n) is 14.7. The van der Waals surface area contributed by atoms with Crippen molar-refractivity contribution in [3.8, 4) is 0 Å². The molecule has 152 valence electrons. The number of hydrogen-bond acceptors (Lipinski definition) is 7. The average Bonchev–Trinajstić information content (AvgIpc) is 2.60. The highest BCUT2D eigenvalue weighted by Crippen LogP contribution is 2.17. The third-order valence-electron chi connectivity index (χ3n) is 3.47. The lowest BCUT2D eigenvalue weighted by Gasteiger charge is -2.17. The first-order valence-electron chi connectivity index (χ1n) is 8.01. The Bertz CT molecular complexity index is 632. The normalized spacial score (nSPS) is 12.2. The standard InChI is InChI=1S/C18H22O8.CH4.H2/c1-12(19)14(9-6-10-15(20)21)26-16(22)11-25-18(23)17(24-2)13-7-4-3-5-8-13;;/h3-5,7-8,14,17H,6,9-11H2,1-2H3,(H,20,21);1H4;1H/i;;1+1. The van der Waals surface area contributed by atoms with E-state index in [0.29, 0.717) is 5.56 Å². The molecule has 1 N–H and O–H groups in total. The molecule has 0 amide bonds. The lowest BCUT2D eigenvalue weighted by molar-refractivity contribution is -0.169. The summed E-state index contributed by atoms with van der Waals surface area (Å²) in [7, 11) is 1.34. The second kappa shape index (κ2) is 12.6. The van der Waals surface area contributed by atoms with Crippen LogP contribution in [0.5, 0.6) is 0 Å². The van der Waals surface area contributed by atoms with Crippen molar-refractivity contribution in [1.29, 1.82) is 0 Å². The topological polar surface area (TPSA) is 116 Å². The van der Waals surface area contributed by atoms with Gasteiger partial charge in [-0.2, -0.15) is 0 Å². The lowest BCUT2D eigenvalue weighted by Crippen LogP contribution is -2.29. The molecule has 0 saturated carbocycles. The number of Topliss-reactive ketones (excluding diaryl/α,β-unsaturated/α-hetero) is 1. The molecular weight excluding hydrogens is 356 g/mol. The van der Waals surface area contributed by atoms with E-state index in [-0.39, 0.29) is 28.1 Å². The number of hydrogen-bond donors (Lipinski definition) is 1. The summed E-state index contributed by atoms with van der Waals surface area (Å²) in [6.07, 6.45) is -1.91. The fourth-order valence-corrected chi connectivity index (χ4v) is 2.18. The summed E-state index contributed by atoms with van der Waals surface area (Å²) in [6, 6.07) is 8.62. The Kier molecular flexibility index (Phi) is 11.3. The van der Waals surface area contributed by atoms with Gasteiger partial charge in [0, 0.05) is 15.0 Å². The number of carboxylic acid groups (broad SMARTS) is 1. The Balaban J connectivity index is 0. The summed E-state index contributed by atoms with van der Waals surface area (Å²) >= 11 is 0. The van der Waals surface area contributed by atoms with Crippen molar-refractivity contribution in [3.05, 3.63) is 35.9 Å². The van der Waals surface area contributed by atoms with Gasteiger partial charge in [0.2, 0.25) is 0 Å². The largest absolute Gasteiger partial charge is 0.481 e. The maximum Gasteiger partial charge on any atom is 0.344 e. The van der Waals surface area contributed by atoms with E-state index in [1.165, 1.54) is 14.0 Å². The molecule has 0 spiro atoms. The SMILES string of the molecule is C.COC(C(=O)OCC(=O)OC(CCCC(=O)O)C(C)=O)c1ccccc1.[2HH]. The number of benzene rings is 1. The monoisotopic (exact) mass is 385 g/mol. The number of aliphatic carboxylic acids is 1. The maximum atomic E-state index is 12.1. The molecule has 0 aliphatic rings. The third kappa shape index (κ3) is 8.96. The highest BCUT2D eigenvalue weighted by atomic mass is 16.6. The van der Waals surface area contributed by atoms with Crippen LogP contribution in [0.15, 0.2) is 30.3 Å². The van der Waals surface area contributed by atoms with Gasteiger partial charge in [-0.05, 0) is 25.3 Å². The molecule has 0 radical (unpaired) electrons. The number of rotatable bonds is 11. The molecule has 0 aliphatic heterocycles. The van der Waals surface area contributed by atoms with Gasteiger partial charge in [0.1, 0.15) is 0 Å². The van der Waals surface area contributed by atoms with E-state index in [0.717, 1.165) is 0 Å². The molecule has 8 nitrogen and oxygen atoms in total. The van der Waals surface area contributed by atoms with Crippen LogP contribution < -0.4 is 0 Å². The first-order chi connectivity index (χ1) is 12.3. The zero-order valence-corrected chi connectivity index (χ0v) is 14.7. The van der Waals surface area contributed by atoms with Crippen molar-refractivity contribution < 1.29 is 39.9 Å². The molecule has 1 aromatic carbocycles. The van der Waals surface area contributed by atoms with Gasteiger partial charge in [-0.15, -0.1) is 0 Å². The van der Waals surface area contributed by atoms with E-state index in [9.17, 15) is 19.2 Å². The van der Waals surface area contributed by atoms with Crippen molar-refractivity contribution in [2.24, 2.45) is 0 Å². The molecule has 2 atom stereocenters. The van der Waals surface area contributed by atoms with Crippen molar-refractivity contribution in [2.75, 3.05) is 13.7 Å². The fraction of sp³-hybridized carbons (Fsp3) is 0.474. The molecule has 8 heteroatoms. The van der Waals surface area contributed by atoms with Crippen LogP contribution in [0.4, 0.5) is 0 Å². The molecule has 0 heterocycles. The summed E-state index contributed by atoms with van der Waals surface area (Å²) in [5.41, 5.74) is 0.573. The van der Waals surface area contributed by atoms with Gasteiger partial charge >= 0.3 is 17.9 Å². The molecule has 0 fully saturated rings. The van der Waals surface area contributed by atoms with Crippen molar-refractivity contribution in [2.45, 2.75) is 45.8 Å². The van der Waals surface area contributed by atoms with Gasteiger partial charge < -0.3 is 19.3 Å². The average molecular weight is 385 g/mol. The Morgan fingerprint density at radius 2 is 1.78 bits per heavy atom. The van der Waals surface area contributed by atoms with Gasteiger partial charge in [0.05, 0.1) is 0 Å². The molecule has 0 aliphatic carbocycles. The zero-order chi connectivity index (χ0) is 19.5. The first-order valence-corrected chi connectivity index (χ1v) is 8.01. The van der Waals surface area contributed by atoms with Crippen LogP contribution in [0.2, 0.25) is 0 Å². The highest BCUT2D eigenvalue weighted by molar-refractivity contribution is 5.85. The number of esters is 2. The number of ketones is 1. The van der Waals surface area contributed by atoms with Gasteiger partial charge in [-0.1, -0.05) is 37.8 Å². The van der Waals surface area contributed by atoms with Crippen molar-refractivity contribution in [1.82, 2.24) is 0 Å². The van der Waals surface area contributed by atoms with E-state index in [4.69, 9.17) is 19.3 Å². The van der Waals surface area contributed by atoms with Crippen LogP contribution in [0, 0.1) is 0 Å². The van der Waals surface area contributed by atoms with Gasteiger partial charge in [0.25, 0.3) is 0 Å². The Morgan fingerprint density at radius 3 is 2.30 bits per heavy atom. The first kappa shape index (κ1) is 24.3. The number of carbonyl (C=O) groups is 4. The number of methoxy groups -OCH3 is 1. The predicted molar refractivity (Wildman–Crippen MR) is 98.0 cm³/mol. The molecular formula is C19H28O8. The lowest BCUT2D eigenvalue weighted by atomic mass is 10.1. The van der Waals surface area contributed by atoms with Crippen LogP contribution >= 0.6 is 0 Å². The fourth-order valence-electron chi connectivity index (χ4n) is 2.18. The number of carbonyl (C=O) groups excluding carboxylic acids is 3. The van der Waals surface area contributed by atoms with E-state index in [1.54, 1.807) is 30.3 Å². The minimum absolute atomic E-state index is 0. The summed E-state index contributed by atoms with van der Waals surface area (Å²) in [5, 5.41) is 8.60. The summed E-state index contributed by atoms with van der Waals surface area (Å²) in [5.74, 6) is -3.06. The van der Waals surface area contributed by atoms with Crippen molar-refractivity contribution in [3.63, 3.8) is 0 Å². The molecule has 2 unspecified atom stereocenters. The molecule has 1 rings (SSSR count). The maximum absolute atomic E-state index is 12.1. The molecule has 27 heavy (non-hydrogen) atoms. The Hall–Kier alpha value is -2.74. The summed E-state index contributed by atoms with van der Waals surface area (Å²) < 4.78 is 14.9. The quantitative estimate of drug-likeness (QED) is 0.578. The predicted octanol–water partition coefficient (Wildman–Crippen LogP) is 2.56. The Labute approximate surface area is 159 Å². The highest BCUT2D eigenvalue weighted by Gasteiger charge is 2.24. The minimum Gasteiger partial charge on any atom is -0.481 e. The second-order valence-corrected chi connectivity index (χ2v) is 5.51. The second-order valence-electron chi connectivity index (χ2n) is 5.51. The molecule has 0 saturated heterocycles. The molecule has 1 aromatic rings. The van der Waals surface area contributed by atoms with Crippen LogP contribution in [0.25, 0.3) is 0 Å². The number of ether oxygens (including phenoxy) is 3. The minimum atomic E-state index is -1.06. The third-order valence-corrected chi connectivity index (χ3v) is 3.47. The van der Waals surface area contributed by atoms with Gasteiger partial charge in [-0.3, -0.25) is 9.59 Å². The Morgan fingerprint density at radius 1 is 1.15 bits per heavy atom. The summed E-state index contributed by atoms with van der Waals surface area (Å²) in [4.78, 5) is 45.8. The van der Waals surface area contributed by atoms with E-state index >= 15 is 0 Å².